The molecule has 0 aliphatic carbocycles. The van der Waals surface area contributed by atoms with Crippen LogP contribution >= 0.6 is 0 Å². The van der Waals surface area contributed by atoms with Crippen molar-refractivity contribution in [2.75, 3.05) is 19.0 Å². The summed E-state index contributed by atoms with van der Waals surface area (Å²) in [5.41, 5.74) is 0.834. The molecule has 0 radical (unpaired) electrons. The molecule has 1 aliphatic heterocycles. The highest BCUT2D eigenvalue weighted by molar-refractivity contribution is 7.89. The predicted octanol–water partition coefficient (Wildman–Crippen LogP) is 2.70. The number of nitrogens with zero attached hydrogens (tertiary/aromatic N) is 2. The number of sulfonamides is 1. The minimum Gasteiger partial charge on any atom is -0.495 e. The highest BCUT2D eigenvalue weighted by atomic mass is 32.2. The lowest BCUT2D eigenvalue weighted by molar-refractivity contribution is -0.384. The number of hydrogen-bond acceptors (Lipinski definition) is 6. The van der Waals surface area contributed by atoms with Gasteiger partial charge in [-0.15, -0.1) is 0 Å². The summed E-state index contributed by atoms with van der Waals surface area (Å²) in [6, 6.07) is 9.35. The van der Waals surface area contributed by atoms with E-state index < -0.39 is 26.9 Å². The Morgan fingerprint density at radius 3 is 2.55 bits per heavy atom. The molecule has 3 rings (SSSR count). The van der Waals surface area contributed by atoms with Gasteiger partial charge in [0.2, 0.25) is 15.9 Å². The first-order chi connectivity index (χ1) is 13.7. The van der Waals surface area contributed by atoms with Gasteiger partial charge >= 0.3 is 0 Å². The van der Waals surface area contributed by atoms with Crippen LogP contribution in [0, 0.1) is 17.0 Å². The second kappa shape index (κ2) is 8.18. The highest BCUT2D eigenvalue weighted by Crippen LogP contribution is 2.31. The average molecular weight is 419 g/mol. The van der Waals surface area contributed by atoms with E-state index in [4.69, 9.17) is 4.74 Å². The van der Waals surface area contributed by atoms with Crippen LogP contribution in [-0.4, -0.2) is 43.2 Å². The Balaban J connectivity index is 1.86. The maximum Gasteiger partial charge on any atom is 0.271 e. The van der Waals surface area contributed by atoms with Crippen LogP contribution in [0.5, 0.6) is 5.75 Å². The van der Waals surface area contributed by atoms with E-state index in [1.54, 1.807) is 12.1 Å². The summed E-state index contributed by atoms with van der Waals surface area (Å²) in [7, 11) is -2.47. The van der Waals surface area contributed by atoms with Crippen LogP contribution in [0.4, 0.5) is 11.4 Å². The molecule has 2 aromatic carbocycles. The SMILES string of the molecule is COc1ccc([N+](=O)[O-])cc1NC(=O)C1CCCN1S(=O)(=O)c1ccc(C)cc1. The first kappa shape index (κ1) is 20.7. The second-order valence-corrected chi connectivity index (χ2v) is 8.61. The molecular weight excluding hydrogens is 398 g/mol. The Bertz CT molecular complexity index is 1040. The maximum absolute atomic E-state index is 13.0. The average Bonchev–Trinajstić information content (AvgIpc) is 3.19. The summed E-state index contributed by atoms with van der Waals surface area (Å²) in [4.78, 5) is 23.4. The Hall–Kier alpha value is -2.98. The smallest absolute Gasteiger partial charge is 0.271 e. The fraction of sp³-hybridized carbons (Fsp3) is 0.316. The van der Waals surface area contributed by atoms with Gasteiger partial charge in [0, 0.05) is 18.7 Å². The van der Waals surface area contributed by atoms with Crippen LogP contribution in [0.3, 0.4) is 0 Å². The lowest BCUT2D eigenvalue weighted by Crippen LogP contribution is -2.43. The molecule has 1 fully saturated rings. The standard InChI is InChI=1S/C19H21N3O6S/c1-13-5-8-15(9-6-13)29(26,27)21-11-3-4-17(21)19(23)20-16-12-14(22(24)25)7-10-18(16)28-2/h5-10,12,17H,3-4,11H2,1-2H3,(H,20,23). The number of nitro groups is 1. The van der Waals surface area contributed by atoms with Crippen LogP contribution in [0.2, 0.25) is 0 Å². The molecule has 154 valence electrons. The van der Waals surface area contributed by atoms with Crippen molar-refractivity contribution in [1.29, 1.82) is 0 Å². The van der Waals surface area contributed by atoms with Gasteiger partial charge in [-0.1, -0.05) is 17.7 Å². The first-order valence-electron chi connectivity index (χ1n) is 8.96. The lowest BCUT2D eigenvalue weighted by Gasteiger charge is -2.23. The molecule has 1 aliphatic rings. The summed E-state index contributed by atoms with van der Waals surface area (Å²) < 4.78 is 32.3. The van der Waals surface area contributed by atoms with Crippen molar-refractivity contribution in [3.63, 3.8) is 0 Å². The van der Waals surface area contributed by atoms with Crippen LogP contribution < -0.4 is 10.1 Å². The monoisotopic (exact) mass is 419 g/mol. The number of benzene rings is 2. The largest absolute Gasteiger partial charge is 0.495 e. The van der Waals surface area contributed by atoms with Gasteiger partial charge in [0.05, 0.1) is 22.6 Å². The topological polar surface area (TPSA) is 119 Å². The molecule has 1 heterocycles. The van der Waals surface area contributed by atoms with Gasteiger partial charge in [0.25, 0.3) is 5.69 Å². The number of nitro benzene ring substituents is 1. The third-order valence-corrected chi connectivity index (χ3v) is 6.71. The van der Waals surface area contributed by atoms with Gasteiger partial charge in [-0.3, -0.25) is 14.9 Å². The van der Waals surface area contributed by atoms with E-state index in [0.29, 0.717) is 12.8 Å². The summed E-state index contributed by atoms with van der Waals surface area (Å²) in [5, 5.41) is 13.6. The van der Waals surface area contributed by atoms with Crippen molar-refractivity contribution < 1.29 is 22.9 Å². The number of non-ortho nitro benzene ring substituents is 1. The summed E-state index contributed by atoms with van der Waals surface area (Å²) in [5.74, 6) is -0.313. The van der Waals surface area contributed by atoms with E-state index in [1.165, 1.54) is 41.7 Å². The van der Waals surface area contributed by atoms with Crippen LogP contribution in [0.1, 0.15) is 18.4 Å². The van der Waals surface area contributed by atoms with E-state index in [0.717, 1.165) is 5.56 Å². The van der Waals surface area contributed by atoms with Crippen molar-refractivity contribution in [2.45, 2.75) is 30.7 Å². The quantitative estimate of drug-likeness (QED) is 0.568. The number of carbonyl (C=O) groups is 1. The third-order valence-electron chi connectivity index (χ3n) is 4.79. The minimum absolute atomic E-state index is 0.117. The molecule has 0 aromatic heterocycles. The first-order valence-corrected chi connectivity index (χ1v) is 10.4. The number of nitrogens with one attached hydrogen (secondary N) is 1. The van der Waals surface area contributed by atoms with Crippen molar-refractivity contribution in [1.82, 2.24) is 4.31 Å². The van der Waals surface area contributed by atoms with Gasteiger partial charge in [-0.05, 0) is 38.0 Å². The molecule has 29 heavy (non-hydrogen) atoms. The number of ether oxygens (including phenoxy) is 1. The minimum atomic E-state index is -3.85. The van der Waals surface area contributed by atoms with Crippen molar-refractivity contribution in [3.8, 4) is 5.75 Å². The predicted molar refractivity (Wildman–Crippen MR) is 106 cm³/mol. The molecule has 0 saturated carbocycles. The number of hydrogen-bond donors (Lipinski definition) is 1. The molecular formula is C19H21N3O6S. The Labute approximate surface area is 168 Å². The van der Waals surface area contributed by atoms with Gasteiger partial charge < -0.3 is 10.1 Å². The molecule has 0 bridgehead atoms. The molecule has 1 amide bonds. The summed E-state index contributed by atoms with van der Waals surface area (Å²) in [6.45, 7) is 2.08. The second-order valence-electron chi connectivity index (χ2n) is 6.72. The Kier molecular flexibility index (Phi) is 5.85. The van der Waals surface area contributed by atoms with E-state index in [1.807, 2.05) is 6.92 Å². The fourth-order valence-electron chi connectivity index (χ4n) is 3.26. The van der Waals surface area contributed by atoms with Crippen LogP contribution in [0.25, 0.3) is 0 Å². The number of carbonyl (C=O) groups excluding carboxylic acids is 1. The number of methoxy groups -OCH3 is 1. The Morgan fingerprint density at radius 1 is 1.24 bits per heavy atom. The number of amides is 1. The van der Waals surface area contributed by atoms with E-state index in [9.17, 15) is 23.3 Å². The zero-order valence-electron chi connectivity index (χ0n) is 16.0. The van der Waals surface area contributed by atoms with Crippen molar-refractivity contribution in [2.24, 2.45) is 0 Å². The highest BCUT2D eigenvalue weighted by Gasteiger charge is 2.39. The van der Waals surface area contributed by atoms with E-state index in [2.05, 4.69) is 5.32 Å². The molecule has 1 unspecified atom stereocenters. The number of anilines is 1. The van der Waals surface area contributed by atoms with Crippen LogP contribution in [-0.2, 0) is 14.8 Å². The normalized spacial score (nSPS) is 17.1. The van der Waals surface area contributed by atoms with Crippen molar-refractivity contribution >= 4 is 27.3 Å². The molecule has 9 nitrogen and oxygen atoms in total. The molecule has 1 N–H and O–H groups in total. The van der Waals surface area contributed by atoms with Crippen LogP contribution in [0.15, 0.2) is 47.4 Å². The number of rotatable bonds is 6. The number of aryl methyl sites for hydroxylation is 1. The van der Waals surface area contributed by atoms with Gasteiger partial charge in [0.15, 0.2) is 0 Å². The van der Waals surface area contributed by atoms with E-state index in [-0.39, 0.29) is 28.6 Å². The summed E-state index contributed by atoms with van der Waals surface area (Å²) >= 11 is 0. The maximum atomic E-state index is 13.0. The zero-order valence-corrected chi connectivity index (χ0v) is 16.8. The molecule has 1 saturated heterocycles. The zero-order chi connectivity index (χ0) is 21.2. The van der Waals surface area contributed by atoms with Gasteiger partial charge in [-0.2, -0.15) is 4.31 Å². The van der Waals surface area contributed by atoms with Gasteiger partial charge in [0.1, 0.15) is 11.8 Å². The Morgan fingerprint density at radius 2 is 1.93 bits per heavy atom. The van der Waals surface area contributed by atoms with Gasteiger partial charge in [-0.25, -0.2) is 8.42 Å². The van der Waals surface area contributed by atoms with Crippen molar-refractivity contribution in [3.05, 3.63) is 58.1 Å². The summed E-state index contributed by atoms with van der Waals surface area (Å²) in [6.07, 6.45) is 0.892. The third kappa shape index (κ3) is 4.22. The molecule has 1 atom stereocenters. The lowest BCUT2D eigenvalue weighted by atomic mass is 10.2. The fourth-order valence-corrected chi connectivity index (χ4v) is 4.92. The molecule has 2 aromatic rings. The molecule has 10 heteroatoms. The van der Waals surface area contributed by atoms with E-state index >= 15 is 0 Å². The molecule has 0 spiro atoms.